The molecule has 0 spiro atoms. The fourth-order valence-electron chi connectivity index (χ4n) is 1.96. The highest BCUT2D eigenvalue weighted by Gasteiger charge is 2.07. The largest absolute Gasteiger partial charge is 0.504 e. The molecule has 21 heavy (non-hydrogen) atoms. The minimum Gasteiger partial charge on any atom is -0.504 e. The summed E-state index contributed by atoms with van der Waals surface area (Å²) in [6.45, 7) is 1.93. The zero-order chi connectivity index (χ0) is 14.7. The number of aromatic hydroxyl groups is 1. The van der Waals surface area contributed by atoms with Crippen LogP contribution in [0.5, 0.6) is 5.75 Å². The number of rotatable bonds is 3. The van der Waals surface area contributed by atoms with Crippen molar-refractivity contribution in [3.05, 3.63) is 60.7 Å². The number of nitrogens with zero attached hydrogens (tertiary/aromatic N) is 3. The molecule has 3 rings (SSSR count). The second-order valence-corrected chi connectivity index (χ2v) is 4.61. The Morgan fingerprint density at radius 1 is 1.05 bits per heavy atom. The lowest BCUT2D eigenvalue weighted by Gasteiger charge is -2.09. The summed E-state index contributed by atoms with van der Waals surface area (Å²) in [4.78, 5) is 12.6. The number of anilines is 2. The summed E-state index contributed by atoms with van der Waals surface area (Å²) in [5.74, 6) is 0.0863. The minimum absolute atomic E-state index is 0.0863. The minimum atomic E-state index is 0.0863. The Morgan fingerprint density at radius 3 is 2.62 bits per heavy atom. The van der Waals surface area contributed by atoms with Crippen LogP contribution in [0.1, 0.15) is 5.69 Å². The van der Waals surface area contributed by atoms with Gasteiger partial charge in [-0.1, -0.05) is 6.07 Å². The van der Waals surface area contributed by atoms with Gasteiger partial charge in [0.05, 0.1) is 23.3 Å². The Morgan fingerprint density at radius 2 is 1.86 bits per heavy atom. The molecule has 2 N–H and O–H groups in total. The summed E-state index contributed by atoms with van der Waals surface area (Å²) in [6.07, 6.45) is 4.79. The van der Waals surface area contributed by atoms with Gasteiger partial charge < -0.3 is 10.4 Å². The van der Waals surface area contributed by atoms with E-state index in [0.717, 1.165) is 17.1 Å². The van der Waals surface area contributed by atoms with Crippen LogP contribution in [-0.2, 0) is 0 Å². The van der Waals surface area contributed by atoms with Gasteiger partial charge in [-0.2, -0.15) is 0 Å². The van der Waals surface area contributed by atoms with Crippen LogP contribution in [0.15, 0.2) is 55.0 Å². The summed E-state index contributed by atoms with van der Waals surface area (Å²) in [6, 6.07) is 11.2. The van der Waals surface area contributed by atoms with Gasteiger partial charge in [-0.25, -0.2) is 0 Å². The van der Waals surface area contributed by atoms with E-state index in [-0.39, 0.29) is 5.75 Å². The third-order valence-corrected chi connectivity index (χ3v) is 2.99. The molecular formula is C16H14N4O. The third-order valence-electron chi connectivity index (χ3n) is 2.99. The maximum atomic E-state index is 9.94. The number of hydrogen-bond donors (Lipinski definition) is 2. The average Bonchev–Trinajstić information content (AvgIpc) is 2.50. The first-order valence-electron chi connectivity index (χ1n) is 6.52. The Labute approximate surface area is 122 Å². The topological polar surface area (TPSA) is 70.9 Å². The van der Waals surface area contributed by atoms with Gasteiger partial charge >= 0.3 is 0 Å². The second kappa shape index (κ2) is 5.58. The quantitative estimate of drug-likeness (QED) is 0.769. The highest BCUT2D eigenvalue weighted by Crippen LogP contribution is 2.29. The number of nitrogens with one attached hydrogen (secondary N) is 1. The normalized spacial score (nSPS) is 10.3. The highest BCUT2D eigenvalue weighted by molar-refractivity contribution is 5.70. The van der Waals surface area contributed by atoms with Gasteiger partial charge in [0.15, 0.2) is 5.75 Å². The lowest BCUT2D eigenvalue weighted by molar-refractivity contribution is 0.475. The van der Waals surface area contributed by atoms with Crippen molar-refractivity contribution in [3.63, 3.8) is 0 Å². The molecule has 5 heteroatoms. The fraction of sp³-hybridized carbons (Fsp3) is 0.0625. The Kier molecular flexibility index (Phi) is 3.47. The van der Waals surface area contributed by atoms with Crippen molar-refractivity contribution in [2.75, 3.05) is 5.32 Å². The molecule has 0 atom stereocenters. The summed E-state index contributed by atoms with van der Waals surface area (Å²) in [7, 11) is 0. The first kappa shape index (κ1) is 13.1. The van der Waals surface area contributed by atoms with Crippen molar-refractivity contribution in [2.24, 2.45) is 0 Å². The number of pyridine rings is 3. The van der Waals surface area contributed by atoms with Gasteiger partial charge in [0.25, 0.3) is 0 Å². The molecule has 5 nitrogen and oxygen atoms in total. The van der Waals surface area contributed by atoms with Gasteiger partial charge in [0.1, 0.15) is 0 Å². The maximum absolute atomic E-state index is 9.94. The SMILES string of the molecule is Cc1cccc(-c2cc(Nc3ccncc3)c(O)cn2)n1. The van der Waals surface area contributed by atoms with E-state index in [1.807, 2.05) is 37.3 Å². The summed E-state index contributed by atoms with van der Waals surface area (Å²) in [5.41, 5.74) is 3.82. The molecule has 0 fully saturated rings. The zero-order valence-corrected chi connectivity index (χ0v) is 11.5. The molecule has 3 aromatic heterocycles. The molecule has 0 saturated carbocycles. The van der Waals surface area contributed by atoms with Crippen LogP contribution in [0, 0.1) is 6.92 Å². The van der Waals surface area contributed by atoms with E-state index in [2.05, 4.69) is 20.3 Å². The van der Waals surface area contributed by atoms with Gasteiger partial charge in [-0.15, -0.1) is 0 Å². The smallest absolute Gasteiger partial charge is 0.157 e. The molecule has 0 aliphatic rings. The average molecular weight is 278 g/mol. The third kappa shape index (κ3) is 2.97. The second-order valence-electron chi connectivity index (χ2n) is 4.61. The fourth-order valence-corrected chi connectivity index (χ4v) is 1.96. The highest BCUT2D eigenvalue weighted by atomic mass is 16.3. The van der Waals surface area contributed by atoms with Crippen LogP contribution >= 0.6 is 0 Å². The van der Waals surface area contributed by atoms with Gasteiger partial charge in [0, 0.05) is 23.8 Å². The van der Waals surface area contributed by atoms with Crippen molar-refractivity contribution in [1.29, 1.82) is 0 Å². The van der Waals surface area contributed by atoms with Gasteiger partial charge in [0.2, 0.25) is 0 Å². The number of aryl methyl sites for hydroxylation is 1. The first-order valence-corrected chi connectivity index (χ1v) is 6.52. The monoisotopic (exact) mass is 278 g/mol. The molecular weight excluding hydrogens is 264 g/mol. The molecule has 104 valence electrons. The van der Waals surface area contributed by atoms with Crippen molar-refractivity contribution < 1.29 is 5.11 Å². The van der Waals surface area contributed by atoms with Crippen LogP contribution in [-0.4, -0.2) is 20.1 Å². The Bertz CT molecular complexity index is 759. The van der Waals surface area contributed by atoms with E-state index in [9.17, 15) is 5.11 Å². The van der Waals surface area contributed by atoms with E-state index in [0.29, 0.717) is 11.4 Å². The van der Waals surface area contributed by atoms with Crippen molar-refractivity contribution in [2.45, 2.75) is 6.92 Å². The van der Waals surface area contributed by atoms with Crippen LogP contribution in [0.25, 0.3) is 11.4 Å². The molecule has 0 radical (unpaired) electrons. The van der Waals surface area contributed by atoms with Crippen LogP contribution in [0.3, 0.4) is 0 Å². The molecule has 0 bridgehead atoms. The Balaban J connectivity index is 1.97. The predicted molar refractivity (Wildman–Crippen MR) is 81.4 cm³/mol. The van der Waals surface area contributed by atoms with Crippen molar-refractivity contribution >= 4 is 11.4 Å². The lowest BCUT2D eigenvalue weighted by atomic mass is 10.2. The predicted octanol–water partition coefficient (Wildman–Crippen LogP) is 3.30. The molecule has 0 aromatic carbocycles. The van der Waals surface area contributed by atoms with E-state index in [1.54, 1.807) is 18.5 Å². The van der Waals surface area contributed by atoms with Crippen LogP contribution in [0.4, 0.5) is 11.4 Å². The summed E-state index contributed by atoms with van der Waals surface area (Å²) in [5, 5.41) is 13.1. The first-order chi connectivity index (χ1) is 10.2. The molecule has 0 aliphatic heterocycles. The van der Waals surface area contributed by atoms with Crippen LogP contribution < -0.4 is 5.32 Å². The molecule has 0 saturated heterocycles. The molecule has 0 amide bonds. The molecule has 3 aromatic rings. The maximum Gasteiger partial charge on any atom is 0.157 e. The summed E-state index contributed by atoms with van der Waals surface area (Å²) < 4.78 is 0. The zero-order valence-electron chi connectivity index (χ0n) is 11.5. The van der Waals surface area contributed by atoms with E-state index in [4.69, 9.17) is 0 Å². The molecule has 0 aliphatic carbocycles. The van der Waals surface area contributed by atoms with Crippen molar-refractivity contribution in [1.82, 2.24) is 15.0 Å². The van der Waals surface area contributed by atoms with E-state index in [1.165, 1.54) is 6.20 Å². The molecule has 3 heterocycles. The molecule has 0 unspecified atom stereocenters. The van der Waals surface area contributed by atoms with Crippen LogP contribution in [0.2, 0.25) is 0 Å². The summed E-state index contributed by atoms with van der Waals surface area (Å²) >= 11 is 0. The number of hydrogen-bond acceptors (Lipinski definition) is 5. The van der Waals surface area contributed by atoms with Gasteiger partial charge in [-0.3, -0.25) is 15.0 Å². The van der Waals surface area contributed by atoms with Crippen molar-refractivity contribution in [3.8, 4) is 17.1 Å². The van der Waals surface area contributed by atoms with E-state index >= 15 is 0 Å². The lowest BCUT2D eigenvalue weighted by Crippen LogP contribution is -1.94. The van der Waals surface area contributed by atoms with E-state index < -0.39 is 0 Å². The Hall–Kier alpha value is -2.95. The number of aromatic nitrogens is 3. The standard InChI is InChI=1S/C16H14N4O/c1-11-3-2-4-13(19-11)14-9-15(16(21)10-18-14)20-12-5-7-17-8-6-12/h2-10,21H,1H3,(H,17,18,20). The van der Waals surface area contributed by atoms with Gasteiger partial charge in [-0.05, 0) is 37.3 Å².